The standard InChI is InChI=1S/C18H20N6O4/c1-11-5-6-16(28-4)15(9-11)19-18(25)14-7-8-22(21-14)10-23-13(3)17(24(26)27)12(2)20-23/h5-9H,10H2,1-4H3,(H,19,25). The van der Waals surface area contributed by atoms with Gasteiger partial charge in [0, 0.05) is 6.20 Å². The van der Waals surface area contributed by atoms with Crippen LogP contribution in [0, 0.1) is 30.9 Å². The second-order valence-electron chi connectivity index (χ2n) is 6.32. The second kappa shape index (κ2) is 7.51. The zero-order valence-electron chi connectivity index (χ0n) is 16.0. The molecule has 0 saturated carbocycles. The molecule has 0 unspecified atom stereocenters. The van der Waals surface area contributed by atoms with E-state index in [0.29, 0.717) is 22.8 Å². The Bertz CT molecular complexity index is 1050. The van der Waals surface area contributed by atoms with Crippen molar-refractivity contribution < 1.29 is 14.5 Å². The van der Waals surface area contributed by atoms with E-state index < -0.39 is 4.92 Å². The Morgan fingerprint density at radius 3 is 2.64 bits per heavy atom. The number of nitrogens with zero attached hydrogens (tertiary/aromatic N) is 5. The summed E-state index contributed by atoms with van der Waals surface area (Å²) in [6, 6.07) is 7.04. The van der Waals surface area contributed by atoms with Crippen LogP contribution in [0.2, 0.25) is 0 Å². The van der Waals surface area contributed by atoms with Gasteiger partial charge in [-0.3, -0.25) is 19.6 Å². The number of carbonyl (C=O) groups excluding carboxylic acids is 1. The van der Waals surface area contributed by atoms with E-state index in [0.717, 1.165) is 5.56 Å². The number of nitrogens with one attached hydrogen (secondary N) is 1. The molecule has 0 aliphatic carbocycles. The molecule has 0 saturated heterocycles. The molecular formula is C18H20N6O4. The lowest BCUT2D eigenvalue weighted by Crippen LogP contribution is -2.16. The number of aryl methyl sites for hydroxylation is 2. The van der Waals surface area contributed by atoms with E-state index in [1.807, 2.05) is 19.1 Å². The van der Waals surface area contributed by atoms with Gasteiger partial charge in [0.15, 0.2) is 5.69 Å². The topological polar surface area (TPSA) is 117 Å². The van der Waals surface area contributed by atoms with Gasteiger partial charge in [-0.25, -0.2) is 4.68 Å². The normalized spacial score (nSPS) is 10.7. The number of hydrogen-bond acceptors (Lipinski definition) is 6. The number of carbonyl (C=O) groups is 1. The maximum atomic E-state index is 12.5. The van der Waals surface area contributed by atoms with Crippen molar-refractivity contribution in [3.05, 3.63) is 63.2 Å². The SMILES string of the molecule is COc1ccc(C)cc1NC(=O)c1ccn(Cn2nc(C)c([N+](=O)[O-])c2C)n1. The Kier molecular flexibility index (Phi) is 5.12. The van der Waals surface area contributed by atoms with Crippen molar-refractivity contribution in [2.24, 2.45) is 0 Å². The average molecular weight is 384 g/mol. The number of anilines is 1. The molecule has 3 rings (SSSR count). The molecule has 10 heteroatoms. The van der Waals surface area contributed by atoms with Crippen LogP contribution in [0.3, 0.4) is 0 Å². The lowest BCUT2D eigenvalue weighted by molar-refractivity contribution is -0.386. The molecule has 1 amide bonds. The number of amides is 1. The summed E-state index contributed by atoms with van der Waals surface area (Å²) in [5.41, 5.74) is 2.48. The van der Waals surface area contributed by atoms with E-state index in [2.05, 4.69) is 15.5 Å². The maximum absolute atomic E-state index is 12.5. The first-order chi connectivity index (χ1) is 13.3. The van der Waals surface area contributed by atoms with Gasteiger partial charge in [0.25, 0.3) is 5.91 Å². The highest BCUT2D eigenvalue weighted by atomic mass is 16.6. The van der Waals surface area contributed by atoms with E-state index in [9.17, 15) is 14.9 Å². The number of methoxy groups -OCH3 is 1. The summed E-state index contributed by atoms with van der Waals surface area (Å²) in [6.07, 6.45) is 1.62. The minimum atomic E-state index is -0.453. The van der Waals surface area contributed by atoms with Gasteiger partial charge in [-0.15, -0.1) is 0 Å². The number of benzene rings is 1. The third kappa shape index (κ3) is 3.70. The van der Waals surface area contributed by atoms with Gasteiger partial charge < -0.3 is 10.1 Å². The zero-order valence-corrected chi connectivity index (χ0v) is 16.0. The Labute approximate surface area is 160 Å². The maximum Gasteiger partial charge on any atom is 0.312 e. The lowest BCUT2D eigenvalue weighted by Gasteiger charge is -2.10. The van der Waals surface area contributed by atoms with Gasteiger partial charge in [0.2, 0.25) is 0 Å². The van der Waals surface area contributed by atoms with Crippen molar-refractivity contribution in [3.8, 4) is 5.75 Å². The number of ether oxygens (including phenoxy) is 1. The van der Waals surface area contributed by atoms with E-state index in [4.69, 9.17) is 4.74 Å². The smallest absolute Gasteiger partial charge is 0.312 e. The van der Waals surface area contributed by atoms with Crippen LogP contribution in [0.25, 0.3) is 0 Å². The Balaban J connectivity index is 1.78. The molecule has 0 aliphatic rings. The highest BCUT2D eigenvalue weighted by Crippen LogP contribution is 2.25. The van der Waals surface area contributed by atoms with Crippen LogP contribution in [0.4, 0.5) is 11.4 Å². The van der Waals surface area contributed by atoms with Crippen LogP contribution in [0.1, 0.15) is 27.4 Å². The fourth-order valence-corrected chi connectivity index (χ4v) is 2.89. The van der Waals surface area contributed by atoms with Crippen LogP contribution in [-0.2, 0) is 6.67 Å². The van der Waals surface area contributed by atoms with Crippen molar-refractivity contribution in [3.63, 3.8) is 0 Å². The predicted molar refractivity (Wildman–Crippen MR) is 102 cm³/mol. The molecule has 0 aliphatic heterocycles. The molecule has 1 aromatic carbocycles. The van der Waals surface area contributed by atoms with E-state index in [1.165, 1.54) is 16.5 Å². The Hall–Kier alpha value is -3.69. The first kappa shape index (κ1) is 19.1. The fourth-order valence-electron chi connectivity index (χ4n) is 2.89. The lowest BCUT2D eigenvalue weighted by atomic mass is 10.2. The average Bonchev–Trinajstić information content (AvgIpc) is 3.20. The van der Waals surface area contributed by atoms with E-state index >= 15 is 0 Å². The summed E-state index contributed by atoms with van der Waals surface area (Å²) >= 11 is 0. The van der Waals surface area contributed by atoms with Crippen molar-refractivity contribution in [2.45, 2.75) is 27.4 Å². The molecule has 146 valence electrons. The summed E-state index contributed by atoms with van der Waals surface area (Å²) in [7, 11) is 1.53. The van der Waals surface area contributed by atoms with Gasteiger partial charge in [-0.2, -0.15) is 10.2 Å². The molecule has 0 spiro atoms. The summed E-state index contributed by atoms with van der Waals surface area (Å²) in [4.78, 5) is 23.2. The number of hydrogen-bond donors (Lipinski definition) is 1. The highest BCUT2D eigenvalue weighted by molar-refractivity contribution is 6.03. The monoisotopic (exact) mass is 384 g/mol. The molecule has 10 nitrogen and oxygen atoms in total. The predicted octanol–water partition coefficient (Wildman–Crippen LogP) is 2.68. The Morgan fingerprint density at radius 1 is 1.25 bits per heavy atom. The molecule has 2 heterocycles. The third-order valence-electron chi connectivity index (χ3n) is 4.28. The van der Waals surface area contributed by atoms with Crippen molar-refractivity contribution >= 4 is 17.3 Å². The minimum absolute atomic E-state index is 0.0170. The second-order valence-corrected chi connectivity index (χ2v) is 6.32. The Morgan fingerprint density at radius 2 is 2.00 bits per heavy atom. The zero-order chi connectivity index (χ0) is 20.4. The van der Waals surface area contributed by atoms with E-state index in [1.54, 1.807) is 32.2 Å². The molecule has 0 atom stereocenters. The molecule has 0 bridgehead atoms. The van der Waals surface area contributed by atoms with Crippen LogP contribution in [0.15, 0.2) is 30.5 Å². The summed E-state index contributed by atoms with van der Waals surface area (Å²) in [5, 5.41) is 22.3. The molecule has 1 N–H and O–H groups in total. The van der Waals surface area contributed by atoms with Crippen LogP contribution < -0.4 is 10.1 Å². The first-order valence-corrected chi connectivity index (χ1v) is 8.48. The van der Waals surface area contributed by atoms with Gasteiger partial charge >= 0.3 is 5.69 Å². The van der Waals surface area contributed by atoms with Crippen molar-refractivity contribution in [1.29, 1.82) is 0 Å². The molecular weight excluding hydrogens is 364 g/mol. The molecule has 2 aromatic heterocycles. The summed E-state index contributed by atoms with van der Waals surface area (Å²) in [5.74, 6) is 0.162. The minimum Gasteiger partial charge on any atom is -0.495 e. The van der Waals surface area contributed by atoms with Gasteiger partial charge in [-0.1, -0.05) is 6.07 Å². The first-order valence-electron chi connectivity index (χ1n) is 8.48. The van der Waals surface area contributed by atoms with Crippen molar-refractivity contribution in [1.82, 2.24) is 19.6 Å². The van der Waals surface area contributed by atoms with Crippen LogP contribution >= 0.6 is 0 Å². The van der Waals surface area contributed by atoms with Crippen molar-refractivity contribution in [2.75, 3.05) is 12.4 Å². The molecule has 3 aromatic rings. The number of rotatable bonds is 6. The highest BCUT2D eigenvalue weighted by Gasteiger charge is 2.22. The van der Waals surface area contributed by atoms with Gasteiger partial charge in [0.1, 0.15) is 23.8 Å². The molecule has 28 heavy (non-hydrogen) atoms. The largest absolute Gasteiger partial charge is 0.495 e. The number of nitro groups is 1. The molecule has 0 radical (unpaired) electrons. The van der Waals surface area contributed by atoms with Crippen LogP contribution in [-0.4, -0.2) is 37.5 Å². The van der Waals surface area contributed by atoms with Gasteiger partial charge in [0.05, 0.1) is 17.7 Å². The fraction of sp³-hybridized carbons (Fsp3) is 0.278. The summed E-state index contributed by atoms with van der Waals surface area (Å²) < 4.78 is 8.23. The quantitative estimate of drug-likeness (QED) is 0.516. The van der Waals surface area contributed by atoms with Gasteiger partial charge in [-0.05, 0) is 44.5 Å². The third-order valence-corrected chi connectivity index (χ3v) is 4.28. The van der Waals surface area contributed by atoms with E-state index in [-0.39, 0.29) is 24.0 Å². The van der Waals surface area contributed by atoms with Crippen LogP contribution in [0.5, 0.6) is 5.75 Å². The number of aromatic nitrogens is 4. The summed E-state index contributed by atoms with van der Waals surface area (Å²) in [6.45, 7) is 5.27. The molecule has 0 fully saturated rings.